The average Bonchev–Trinajstić information content (AvgIpc) is 3.22. The lowest BCUT2D eigenvalue weighted by molar-refractivity contribution is -0.121. The first-order chi connectivity index (χ1) is 28.1. The predicted octanol–water partition coefficient (Wildman–Crippen LogP) is 13.2. The molecular weight excluding hydrogens is 713 g/mol. The second kappa shape index (κ2) is 40.3. The molecule has 3 N–H and O–H groups in total. The van der Waals surface area contributed by atoms with E-state index in [9.17, 15) is 9.59 Å². The van der Waals surface area contributed by atoms with E-state index in [1.807, 2.05) is 0 Å². The molecule has 0 unspecified atom stereocenters. The minimum atomic E-state index is -0.223. The Morgan fingerprint density at radius 2 is 0.807 bits per heavy atom. The van der Waals surface area contributed by atoms with Crippen molar-refractivity contribution in [3.8, 4) is 17.2 Å². The monoisotopic (exact) mass is 803 g/mol. The quantitative estimate of drug-likeness (QED) is 0.0568. The largest absolute Gasteiger partial charge is 0.490 e. The topological polar surface area (TPSA) is 106 Å². The van der Waals surface area contributed by atoms with Crippen LogP contribution < -0.4 is 24.8 Å². The fourth-order valence-corrected chi connectivity index (χ4v) is 7.21. The zero-order valence-corrected chi connectivity index (χ0v) is 37.5. The summed E-state index contributed by atoms with van der Waals surface area (Å²) in [5.74, 6) is 1.41. The molecule has 57 heavy (non-hydrogen) atoms. The number of nitrogens with one attached hydrogen (secondary N) is 2. The molecule has 0 bridgehead atoms. The molecule has 0 atom stereocenters. The van der Waals surface area contributed by atoms with Gasteiger partial charge in [-0.2, -0.15) is 0 Å². The Morgan fingerprint density at radius 1 is 0.456 bits per heavy atom. The van der Waals surface area contributed by atoms with Gasteiger partial charge in [0.05, 0.1) is 26.4 Å². The highest BCUT2D eigenvalue weighted by Gasteiger charge is 2.19. The summed E-state index contributed by atoms with van der Waals surface area (Å²) in [7, 11) is 0. The van der Waals surface area contributed by atoms with Crippen LogP contribution in [0.3, 0.4) is 0 Å². The molecule has 0 saturated carbocycles. The second-order valence-corrected chi connectivity index (χ2v) is 16.3. The standard InChI is InChI=1S/C49H90N2O6/c1-4-7-10-13-16-19-22-25-28-31-39-55-45-42-44(49(54)51-36-34-35-47(53)50-37-38-52)43-46(56-40-32-29-26-23-20-17-14-11-8-5-2)48(45)57-41-33-30-27-24-21-18-15-12-9-6-3/h42-43,52H,4-41H2,1-3H3,(H,50,53)(H,51,54). The van der Waals surface area contributed by atoms with Gasteiger partial charge in [-0.1, -0.05) is 194 Å². The summed E-state index contributed by atoms with van der Waals surface area (Å²) in [6, 6.07) is 3.61. The molecule has 0 heterocycles. The molecule has 0 saturated heterocycles. The molecule has 0 radical (unpaired) electrons. The third-order valence-electron chi connectivity index (χ3n) is 10.8. The van der Waals surface area contributed by atoms with E-state index in [-0.39, 0.29) is 31.4 Å². The number of carbonyl (C=O) groups excluding carboxylic acids is 2. The number of hydrogen-bond acceptors (Lipinski definition) is 6. The number of amides is 2. The Labute approximate surface area is 351 Å². The minimum Gasteiger partial charge on any atom is -0.490 e. The van der Waals surface area contributed by atoms with Gasteiger partial charge >= 0.3 is 0 Å². The van der Waals surface area contributed by atoms with E-state index in [1.54, 1.807) is 12.1 Å². The molecule has 8 nitrogen and oxygen atoms in total. The van der Waals surface area contributed by atoms with E-state index in [4.69, 9.17) is 19.3 Å². The summed E-state index contributed by atoms with van der Waals surface area (Å²) in [4.78, 5) is 25.4. The molecule has 0 aliphatic heterocycles. The Kier molecular flexibility index (Phi) is 37.2. The van der Waals surface area contributed by atoms with Crippen molar-refractivity contribution in [2.45, 2.75) is 226 Å². The first-order valence-corrected chi connectivity index (χ1v) is 24.3. The fraction of sp³-hybridized carbons (Fsp3) is 0.837. The van der Waals surface area contributed by atoms with Gasteiger partial charge in [-0.15, -0.1) is 0 Å². The van der Waals surface area contributed by atoms with Crippen molar-refractivity contribution >= 4 is 11.8 Å². The highest BCUT2D eigenvalue weighted by atomic mass is 16.5. The van der Waals surface area contributed by atoms with Crippen molar-refractivity contribution in [2.24, 2.45) is 0 Å². The van der Waals surface area contributed by atoms with E-state index in [0.717, 1.165) is 38.5 Å². The van der Waals surface area contributed by atoms with E-state index in [2.05, 4.69) is 31.4 Å². The summed E-state index contributed by atoms with van der Waals surface area (Å²) in [6.07, 6.45) is 38.6. The average molecular weight is 803 g/mol. The zero-order chi connectivity index (χ0) is 41.3. The van der Waals surface area contributed by atoms with Crippen molar-refractivity contribution in [1.29, 1.82) is 0 Å². The van der Waals surface area contributed by atoms with Crippen LogP contribution in [0.2, 0.25) is 0 Å². The molecule has 2 amide bonds. The smallest absolute Gasteiger partial charge is 0.251 e. The number of aliphatic hydroxyl groups is 1. The molecule has 1 aromatic rings. The normalized spacial score (nSPS) is 11.2. The Balaban J connectivity index is 2.91. The summed E-state index contributed by atoms with van der Waals surface area (Å²) >= 11 is 0. The van der Waals surface area contributed by atoms with Crippen LogP contribution in [0.4, 0.5) is 0 Å². The summed E-state index contributed by atoms with van der Waals surface area (Å²) in [5.41, 5.74) is 0.474. The van der Waals surface area contributed by atoms with Crippen LogP contribution in [-0.2, 0) is 4.79 Å². The van der Waals surface area contributed by atoms with E-state index in [0.29, 0.717) is 55.6 Å². The van der Waals surface area contributed by atoms with Gasteiger partial charge in [0.15, 0.2) is 11.5 Å². The van der Waals surface area contributed by atoms with Crippen molar-refractivity contribution in [3.05, 3.63) is 17.7 Å². The number of hydrogen-bond donors (Lipinski definition) is 3. The maximum absolute atomic E-state index is 13.5. The van der Waals surface area contributed by atoms with E-state index >= 15 is 0 Å². The highest BCUT2D eigenvalue weighted by Crippen LogP contribution is 2.40. The van der Waals surface area contributed by atoms with Gasteiger partial charge in [-0.25, -0.2) is 0 Å². The lowest BCUT2D eigenvalue weighted by Gasteiger charge is -2.19. The first-order valence-electron chi connectivity index (χ1n) is 24.3. The number of rotatable bonds is 43. The van der Waals surface area contributed by atoms with Crippen molar-refractivity contribution in [3.63, 3.8) is 0 Å². The summed E-state index contributed by atoms with van der Waals surface area (Å²) in [5, 5.41) is 14.6. The third-order valence-corrected chi connectivity index (χ3v) is 10.8. The molecule has 0 aliphatic carbocycles. The number of benzene rings is 1. The summed E-state index contributed by atoms with van der Waals surface area (Å²) < 4.78 is 19.4. The molecular formula is C49H90N2O6. The molecule has 1 rings (SSSR count). The zero-order valence-electron chi connectivity index (χ0n) is 37.5. The lowest BCUT2D eigenvalue weighted by Crippen LogP contribution is -2.29. The van der Waals surface area contributed by atoms with E-state index in [1.165, 1.54) is 154 Å². The molecule has 1 aromatic carbocycles. The van der Waals surface area contributed by atoms with Gasteiger partial charge in [0.25, 0.3) is 5.91 Å². The highest BCUT2D eigenvalue weighted by molar-refractivity contribution is 5.95. The first kappa shape index (κ1) is 52.5. The predicted molar refractivity (Wildman–Crippen MR) is 240 cm³/mol. The molecule has 332 valence electrons. The van der Waals surface area contributed by atoms with Gasteiger partial charge in [0.1, 0.15) is 0 Å². The van der Waals surface area contributed by atoms with Crippen molar-refractivity contribution in [1.82, 2.24) is 10.6 Å². The van der Waals surface area contributed by atoms with Crippen LogP contribution in [0.15, 0.2) is 12.1 Å². The van der Waals surface area contributed by atoms with Crippen molar-refractivity contribution < 1.29 is 28.9 Å². The molecule has 0 spiro atoms. The number of aliphatic hydroxyl groups excluding tert-OH is 1. The molecule has 8 heteroatoms. The van der Waals surface area contributed by atoms with Crippen LogP contribution in [-0.4, -0.2) is 56.4 Å². The van der Waals surface area contributed by atoms with Crippen molar-refractivity contribution in [2.75, 3.05) is 39.5 Å². The number of carbonyl (C=O) groups is 2. The van der Waals surface area contributed by atoms with Crippen LogP contribution >= 0.6 is 0 Å². The van der Waals surface area contributed by atoms with E-state index < -0.39 is 0 Å². The van der Waals surface area contributed by atoms with Gasteiger partial charge in [0, 0.05) is 25.1 Å². The van der Waals surface area contributed by atoms with Gasteiger partial charge in [0.2, 0.25) is 11.7 Å². The Bertz CT molecular complexity index is 1020. The van der Waals surface area contributed by atoms with Crippen LogP contribution in [0.5, 0.6) is 17.2 Å². The van der Waals surface area contributed by atoms with Gasteiger partial charge in [-0.05, 0) is 37.8 Å². The van der Waals surface area contributed by atoms with Crippen LogP contribution in [0.25, 0.3) is 0 Å². The number of ether oxygens (including phenoxy) is 3. The Morgan fingerprint density at radius 3 is 1.18 bits per heavy atom. The third kappa shape index (κ3) is 31.2. The lowest BCUT2D eigenvalue weighted by atomic mass is 10.1. The Hall–Kier alpha value is -2.48. The SMILES string of the molecule is CCCCCCCCCCCCOc1cc(C(=O)NCCCC(=O)NCCO)cc(OCCCCCCCCCCCC)c1OCCCCCCCCCCCC. The van der Waals surface area contributed by atoms with Gasteiger partial charge in [-0.3, -0.25) is 9.59 Å². The summed E-state index contributed by atoms with van der Waals surface area (Å²) in [6.45, 7) is 9.04. The maximum atomic E-state index is 13.5. The van der Waals surface area contributed by atoms with Crippen LogP contribution in [0.1, 0.15) is 237 Å². The molecule has 0 aliphatic rings. The molecule has 0 fully saturated rings. The van der Waals surface area contributed by atoms with Crippen LogP contribution in [0, 0.1) is 0 Å². The number of unbranched alkanes of at least 4 members (excludes halogenated alkanes) is 27. The van der Waals surface area contributed by atoms with Gasteiger partial charge < -0.3 is 30.0 Å². The fourth-order valence-electron chi connectivity index (χ4n) is 7.21. The molecule has 0 aromatic heterocycles. The minimum absolute atomic E-state index is 0.0887. The second-order valence-electron chi connectivity index (χ2n) is 16.3. The maximum Gasteiger partial charge on any atom is 0.251 e.